The number of nitro benzene ring substituents is 1. The molecule has 0 radical (unpaired) electrons. The molecule has 0 aliphatic heterocycles. The lowest BCUT2D eigenvalue weighted by atomic mass is 10.1. The average molecular weight is 463 g/mol. The highest BCUT2D eigenvalue weighted by atomic mass is 35.5. The summed E-state index contributed by atoms with van der Waals surface area (Å²) in [6, 6.07) is 1.68. The molecule has 0 amide bonds. The summed E-state index contributed by atoms with van der Waals surface area (Å²) in [5, 5.41) is 14.4. The Morgan fingerprint density at radius 3 is 2.17 bits per heavy atom. The van der Waals surface area contributed by atoms with E-state index in [0.29, 0.717) is 0 Å². The first-order chi connectivity index (χ1) is 14.0. The molecule has 1 N–H and O–H groups in total. The zero-order valence-corrected chi connectivity index (χ0v) is 17.9. The molecule has 12 heteroatoms. The molecule has 1 aliphatic carbocycles. The van der Waals surface area contributed by atoms with E-state index in [2.05, 4.69) is 5.32 Å². The molecule has 1 saturated carbocycles. The van der Waals surface area contributed by atoms with E-state index in [4.69, 9.17) is 37.4 Å². The zero-order chi connectivity index (χ0) is 22.6. The van der Waals surface area contributed by atoms with E-state index in [1.54, 1.807) is 0 Å². The Bertz CT molecular complexity index is 863. The molecule has 0 aromatic heterocycles. The van der Waals surface area contributed by atoms with E-state index in [1.807, 2.05) is 0 Å². The Morgan fingerprint density at radius 2 is 1.63 bits per heavy atom. The highest BCUT2D eigenvalue weighted by molar-refractivity contribution is 6.42. The van der Waals surface area contributed by atoms with Gasteiger partial charge < -0.3 is 19.5 Å². The van der Waals surface area contributed by atoms with Crippen molar-refractivity contribution < 1.29 is 33.5 Å². The first-order valence-electron chi connectivity index (χ1n) is 8.87. The lowest BCUT2D eigenvalue weighted by Gasteiger charge is -2.26. The largest absolute Gasteiger partial charge is 0.465 e. The minimum absolute atomic E-state index is 0.00222. The fourth-order valence-corrected chi connectivity index (χ4v) is 3.64. The maximum atomic E-state index is 11.7. The van der Waals surface area contributed by atoms with Crippen LogP contribution in [0.3, 0.4) is 0 Å². The Kier molecular flexibility index (Phi) is 7.85. The van der Waals surface area contributed by atoms with E-state index in [1.165, 1.54) is 26.8 Å². The first-order valence-corrected chi connectivity index (χ1v) is 9.63. The molecule has 0 spiro atoms. The van der Waals surface area contributed by atoms with Gasteiger partial charge in [0.2, 0.25) is 0 Å². The number of hydrogen-bond donors (Lipinski definition) is 1. The van der Waals surface area contributed by atoms with Gasteiger partial charge in [-0.05, 0) is 12.5 Å². The zero-order valence-electron chi connectivity index (χ0n) is 16.3. The average Bonchev–Trinajstić information content (AvgIpc) is 2.91. The predicted octanol–water partition coefficient (Wildman–Crippen LogP) is 3.13. The number of carbonyl (C=O) groups is 3. The number of anilines is 1. The summed E-state index contributed by atoms with van der Waals surface area (Å²) in [4.78, 5) is 45.2. The molecular formula is C18H20Cl2N2O8. The van der Waals surface area contributed by atoms with Crippen LogP contribution in [-0.4, -0.2) is 47.7 Å². The molecule has 0 saturated heterocycles. The number of esters is 3. The fraction of sp³-hybridized carbons (Fsp3) is 0.500. The molecule has 1 unspecified atom stereocenters. The number of carbonyl (C=O) groups excluding carboxylic acids is 3. The first kappa shape index (κ1) is 23.7. The van der Waals surface area contributed by atoms with Crippen LogP contribution >= 0.6 is 23.2 Å². The molecule has 30 heavy (non-hydrogen) atoms. The number of halogens is 2. The summed E-state index contributed by atoms with van der Waals surface area (Å²) in [6.07, 6.45) is -1.69. The van der Waals surface area contributed by atoms with Crippen LogP contribution < -0.4 is 5.32 Å². The Morgan fingerprint density at radius 1 is 1.07 bits per heavy atom. The van der Waals surface area contributed by atoms with Gasteiger partial charge in [0, 0.05) is 32.8 Å². The normalized spacial score (nSPS) is 22.8. The summed E-state index contributed by atoms with van der Waals surface area (Å²) in [5.41, 5.74) is -0.287. The predicted molar refractivity (Wildman–Crippen MR) is 106 cm³/mol. The molecule has 0 bridgehead atoms. The van der Waals surface area contributed by atoms with Crippen LogP contribution in [0.5, 0.6) is 0 Å². The van der Waals surface area contributed by atoms with Gasteiger partial charge in [-0.3, -0.25) is 24.5 Å². The summed E-state index contributed by atoms with van der Waals surface area (Å²) in [6.45, 7) is 3.52. The molecule has 1 aromatic rings. The van der Waals surface area contributed by atoms with Crippen molar-refractivity contribution in [2.24, 2.45) is 5.92 Å². The van der Waals surface area contributed by atoms with Crippen LogP contribution in [0.1, 0.15) is 27.2 Å². The summed E-state index contributed by atoms with van der Waals surface area (Å²) >= 11 is 11.9. The molecule has 4 atom stereocenters. The van der Waals surface area contributed by atoms with Gasteiger partial charge in [0.05, 0.1) is 27.6 Å². The highest BCUT2D eigenvalue weighted by Crippen LogP contribution is 2.38. The van der Waals surface area contributed by atoms with E-state index < -0.39 is 47.0 Å². The van der Waals surface area contributed by atoms with Gasteiger partial charge >= 0.3 is 17.9 Å². The van der Waals surface area contributed by atoms with Gasteiger partial charge in [-0.1, -0.05) is 23.2 Å². The topological polar surface area (TPSA) is 134 Å². The molecule has 1 fully saturated rings. The third-order valence-electron chi connectivity index (χ3n) is 4.42. The molecular weight excluding hydrogens is 443 g/mol. The van der Waals surface area contributed by atoms with Crippen LogP contribution in [0.4, 0.5) is 11.4 Å². The lowest BCUT2D eigenvalue weighted by Crippen LogP contribution is -2.41. The van der Waals surface area contributed by atoms with Gasteiger partial charge in [0.15, 0.2) is 6.10 Å². The van der Waals surface area contributed by atoms with E-state index >= 15 is 0 Å². The van der Waals surface area contributed by atoms with Crippen LogP contribution in [-0.2, 0) is 28.6 Å². The third kappa shape index (κ3) is 5.96. The van der Waals surface area contributed by atoms with E-state index in [9.17, 15) is 24.5 Å². The van der Waals surface area contributed by atoms with Gasteiger partial charge in [0.25, 0.3) is 5.69 Å². The van der Waals surface area contributed by atoms with Crippen LogP contribution in [0.25, 0.3) is 0 Å². The monoisotopic (exact) mass is 462 g/mol. The number of nitrogens with zero attached hydrogens (tertiary/aromatic N) is 1. The van der Waals surface area contributed by atoms with Gasteiger partial charge in [-0.25, -0.2) is 0 Å². The van der Waals surface area contributed by atoms with Gasteiger partial charge in [-0.2, -0.15) is 0 Å². The van der Waals surface area contributed by atoms with Crippen molar-refractivity contribution in [1.82, 2.24) is 0 Å². The third-order valence-corrected chi connectivity index (χ3v) is 5.14. The highest BCUT2D eigenvalue weighted by Gasteiger charge is 2.48. The molecule has 0 heterocycles. The number of rotatable bonds is 7. The molecule has 1 aromatic carbocycles. The molecule has 2 rings (SSSR count). The quantitative estimate of drug-likeness (QED) is 0.280. The second-order valence-electron chi connectivity index (χ2n) is 6.74. The molecule has 164 valence electrons. The summed E-state index contributed by atoms with van der Waals surface area (Å²) < 4.78 is 15.7. The number of nitro groups is 1. The van der Waals surface area contributed by atoms with Crippen molar-refractivity contribution in [2.45, 2.75) is 45.4 Å². The lowest BCUT2D eigenvalue weighted by molar-refractivity contribution is -0.384. The minimum atomic E-state index is -0.985. The number of hydrogen-bond acceptors (Lipinski definition) is 9. The van der Waals surface area contributed by atoms with E-state index in [0.717, 1.165) is 6.07 Å². The smallest absolute Gasteiger partial charge is 0.303 e. The van der Waals surface area contributed by atoms with Crippen molar-refractivity contribution in [2.75, 3.05) is 11.9 Å². The van der Waals surface area contributed by atoms with E-state index in [-0.39, 0.29) is 34.4 Å². The number of nitrogens with one attached hydrogen (secondary N) is 1. The fourth-order valence-electron chi connectivity index (χ4n) is 3.32. The second-order valence-corrected chi connectivity index (χ2v) is 7.55. The number of benzene rings is 1. The maximum absolute atomic E-state index is 11.7. The van der Waals surface area contributed by atoms with Crippen LogP contribution in [0, 0.1) is 16.0 Å². The minimum Gasteiger partial charge on any atom is -0.465 e. The SMILES string of the molecule is CC(=O)OC[C@@H]1C[C@H](Nc2cc(Cl)c(Cl)cc2[N+](=O)[O-])[C@H](OC(C)=O)C1OC(C)=O. The van der Waals surface area contributed by atoms with Crippen molar-refractivity contribution in [3.63, 3.8) is 0 Å². The van der Waals surface area contributed by atoms with Crippen molar-refractivity contribution >= 4 is 52.5 Å². The second kappa shape index (κ2) is 9.94. The maximum Gasteiger partial charge on any atom is 0.303 e. The van der Waals surface area contributed by atoms with Crippen molar-refractivity contribution in [3.05, 3.63) is 32.3 Å². The van der Waals surface area contributed by atoms with Gasteiger partial charge in [0.1, 0.15) is 11.8 Å². The van der Waals surface area contributed by atoms with Crippen LogP contribution in [0.15, 0.2) is 12.1 Å². The Balaban J connectivity index is 2.39. The summed E-state index contributed by atoms with van der Waals surface area (Å²) in [7, 11) is 0. The van der Waals surface area contributed by atoms with Crippen LogP contribution in [0.2, 0.25) is 10.0 Å². The standard InChI is InChI=1S/C18H20Cl2N2O8/c1-8(23)28-7-11-4-15(18(30-10(3)25)17(11)29-9(2)24)21-14-5-12(19)13(20)6-16(14)22(26)27/h5-6,11,15,17-18,21H,4,7H2,1-3H3/t11-,15-,17?,18-/m0/s1. The molecule has 1 aliphatic rings. The molecule has 10 nitrogen and oxygen atoms in total. The Hall–Kier alpha value is -2.59. The number of ether oxygens (including phenoxy) is 3. The van der Waals surface area contributed by atoms with Crippen molar-refractivity contribution in [1.29, 1.82) is 0 Å². The van der Waals surface area contributed by atoms with Gasteiger partial charge in [-0.15, -0.1) is 0 Å². The van der Waals surface area contributed by atoms with Crippen molar-refractivity contribution in [3.8, 4) is 0 Å². The summed E-state index contributed by atoms with van der Waals surface area (Å²) in [5.74, 6) is -2.30. The Labute approximate surface area is 181 Å².